The number of benzene rings is 1. The summed E-state index contributed by atoms with van der Waals surface area (Å²) in [6.45, 7) is 4.10. The molecule has 0 atom stereocenters. The average Bonchev–Trinajstić information content (AvgIpc) is 2.11. The molecule has 1 saturated carbocycles. The lowest BCUT2D eigenvalue weighted by molar-refractivity contribution is 0.118. The van der Waals surface area contributed by atoms with Gasteiger partial charge in [0.05, 0.1) is 6.10 Å². The fourth-order valence-corrected chi connectivity index (χ4v) is 1.92. The second kappa shape index (κ2) is 4.46. The maximum atomic E-state index is 6.06. The molecule has 0 amide bonds. The van der Waals surface area contributed by atoms with E-state index in [2.05, 4.69) is 18.2 Å². The highest BCUT2D eigenvalue weighted by molar-refractivity contribution is 5.34. The van der Waals surface area contributed by atoms with Crippen molar-refractivity contribution < 1.29 is 4.74 Å². The zero-order valence-corrected chi connectivity index (χ0v) is 10.2. The van der Waals surface area contributed by atoms with Crippen LogP contribution in [0.1, 0.15) is 38.7 Å². The van der Waals surface area contributed by atoms with Crippen molar-refractivity contribution in [2.75, 3.05) is 0 Å². The smallest absolute Gasteiger partial charge is 0.122 e. The van der Waals surface area contributed by atoms with Gasteiger partial charge in [-0.3, -0.25) is 0 Å². The van der Waals surface area contributed by atoms with Crippen LogP contribution in [0.4, 0.5) is 0 Å². The van der Waals surface area contributed by atoms with Gasteiger partial charge in [0.1, 0.15) is 5.75 Å². The zero-order valence-electron chi connectivity index (χ0n) is 10.2. The van der Waals surface area contributed by atoms with E-state index in [0.29, 0.717) is 6.10 Å². The zero-order chi connectivity index (χ0) is 11.6. The Labute approximate surface area is 97.8 Å². The Bertz CT molecular complexity index is 350. The van der Waals surface area contributed by atoms with Gasteiger partial charge in [0, 0.05) is 5.54 Å². The molecule has 1 fully saturated rings. The van der Waals surface area contributed by atoms with Crippen LogP contribution in [0.2, 0.25) is 0 Å². The molecule has 1 aliphatic rings. The molecule has 1 aromatic rings. The third kappa shape index (κ3) is 2.99. The number of ether oxygens (including phenoxy) is 1. The average molecular weight is 219 g/mol. The van der Waals surface area contributed by atoms with Crippen LogP contribution < -0.4 is 10.5 Å². The number of hydrogen-bond donors (Lipinski definition) is 1. The summed E-state index contributed by atoms with van der Waals surface area (Å²) in [6, 6.07) is 8.25. The maximum absolute atomic E-state index is 6.06. The van der Waals surface area contributed by atoms with E-state index in [1.165, 1.54) is 24.8 Å². The summed E-state index contributed by atoms with van der Waals surface area (Å²) >= 11 is 0. The Kier molecular flexibility index (Phi) is 3.20. The van der Waals surface area contributed by atoms with E-state index in [1.54, 1.807) is 0 Å². The second-order valence-corrected chi connectivity index (χ2v) is 5.44. The molecule has 0 unspecified atom stereocenters. The van der Waals surface area contributed by atoms with Crippen LogP contribution in [-0.2, 0) is 6.42 Å². The highest BCUT2D eigenvalue weighted by atomic mass is 16.5. The van der Waals surface area contributed by atoms with Crippen molar-refractivity contribution >= 4 is 0 Å². The van der Waals surface area contributed by atoms with Crippen molar-refractivity contribution in [2.24, 2.45) is 5.73 Å². The summed E-state index contributed by atoms with van der Waals surface area (Å²) in [5.41, 5.74) is 7.10. The molecule has 1 aliphatic carbocycles. The fourth-order valence-electron chi connectivity index (χ4n) is 1.92. The summed E-state index contributed by atoms with van der Waals surface area (Å²) < 4.78 is 5.97. The lowest BCUT2D eigenvalue weighted by Crippen LogP contribution is -2.35. The fraction of sp³-hybridized carbons (Fsp3) is 0.571. The standard InChI is InChI=1S/C14H21NO/c1-14(2,15)10-11-6-3-4-9-13(11)16-12-7-5-8-12/h3-4,6,9,12H,5,7-8,10,15H2,1-2H3. The van der Waals surface area contributed by atoms with Crippen LogP contribution in [-0.4, -0.2) is 11.6 Å². The van der Waals surface area contributed by atoms with Gasteiger partial charge in [-0.05, 0) is 51.2 Å². The van der Waals surface area contributed by atoms with Crippen molar-refractivity contribution in [3.8, 4) is 5.75 Å². The van der Waals surface area contributed by atoms with Crippen molar-refractivity contribution in [3.63, 3.8) is 0 Å². The molecule has 2 nitrogen and oxygen atoms in total. The van der Waals surface area contributed by atoms with Crippen LogP contribution in [0.15, 0.2) is 24.3 Å². The van der Waals surface area contributed by atoms with Crippen molar-refractivity contribution in [1.82, 2.24) is 0 Å². The van der Waals surface area contributed by atoms with Gasteiger partial charge in [-0.15, -0.1) is 0 Å². The van der Waals surface area contributed by atoms with Gasteiger partial charge >= 0.3 is 0 Å². The molecule has 0 aliphatic heterocycles. The lowest BCUT2D eigenvalue weighted by Gasteiger charge is -2.28. The molecule has 0 aromatic heterocycles. The van der Waals surface area contributed by atoms with E-state index in [9.17, 15) is 0 Å². The summed E-state index contributed by atoms with van der Waals surface area (Å²) in [5, 5.41) is 0. The van der Waals surface area contributed by atoms with E-state index >= 15 is 0 Å². The first kappa shape index (κ1) is 11.5. The maximum Gasteiger partial charge on any atom is 0.122 e. The lowest BCUT2D eigenvalue weighted by atomic mass is 9.94. The molecule has 0 spiro atoms. The minimum atomic E-state index is -0.181. The number of nitrogens with two attached hydrogens (primary N) is 1. The third-order valence-corrected chi connectivity index (χ3v) is 2.96. The Morgan fingerprint density at radius 2 is 2.00 bits per heavy atom. The van der Waals surface area contributed by atoms with Gasteiger partial charge in [-0.1, -0.05) is 18.2 Å². The first-order valence-electron chi connectivity index (χ1n) is 6.08. The summed E-state index contributed by atoms with van der Waals surface area (Å²) in [7, 11) is 0. The summed E-state index contributed by atoms with van der Waals surface area (Å²) in [5.74, 6) is 1.02. The van der Waals surface area contributed by atoms with Gasteiger partial charge in [0.25, 0.3) is 0 Å². The van der Waals surface area contributed by atoms with Gasteiger partial charge in [-0.25, -0.2) is 0 Å². The highest BCUT2D eigenvalue weighted by Gasteiger charge is 2.21. The Balaban J connectivity index is 2.09. The van der Waals surface area contributed by atoms with Crippen LogP contribution in [0.25, 0.3) is 0 Å². The molecular formula is C14H21NO. The number of hydrogen-bond acceptors (Lipinski definition) is 2. The molecule has 1 aromatic carbocycles. The van der Waals surface area contributed by atoms with Gasteiger partial charge in [0.2, 0.25) is 0 Å². The summed E-state index contributed by atoms with van der Waals surface area (Å²) in [6.07, 6.45) is 4.98. The predicted octanol–water partition coefficient (Wildman–Crippen LogP) is 2.90. The molecule has 2 rings (SSSR count). The Hall–Kier alpha value is -1.02. The van der Waals surface area contributed by atoms with E-state index in [4.69, 9.17) is 10.5 Å². The van der Waals surface area contributed by atoms with Crippen molar-refractivity contribution in [3.05, 3.63) is 29.8 Å². The minimum Gasteiger partial charge on any atom is -0.490 e. The molecular weight excluding hydrogens is 198 g/mol. The largest absolute Gasteiger partial charge is 0.490 e. The van der Waals surface area contributed by atoms with E-state index < -0.39 is 0 Å². The number of para-hydroxylation sites is 1. The monoisotopic (exact) mass is 219 g/mol. The molecule has 2 N–H and O–H groups in total. The van der Waals surface area contributed by atoms with Crippen molar-refractivity contribution in [2.45, 2.75) is 51.2 Å². The van der Waals surface area contributed by atoms with Gasteiger partial charge in [-0.2, -0.15) is 0 Å². The topological polar surface area (TPSA) is 35.2 Å². The summed E-state index contributed by atoms with van der Waals surface area (Å²) in [4.78, 5) is 0. The third-order valence-electron chi connectivity index (χ3n) is 2.96. The van der Waals surface area contributed by atoms with E-state index in [0.717, 1.165) is 12.2 Å². The molecule has 0 heterocycles. The Morgan fingerprint density at radius 3 is 2.56 bits per heavy atom. The van der Waals surface area contributed by atoms with E-state index in [-0.39, 0.29) is 5.54 Å². The normalized spacial score (nSPS) is 16.9. The van der Waals surface area contributed by atoms with Crippen LogP contribution in [0, 0.1) is 0 Å². The SMILES string of the molecule is CC(C)(N)Cc1ccccc1OC1CCC1. The van der Waals surface area contributed by atoms with Gasteiger partial charge < -0.3 is 10.5 Å². The molecule has 0 radical (unpaired) electrons. The molecule has 2 heteroatoms. The number of rotatable bonds is 4. The first-order valence-corrected chi connectivity index (χ1v) is 6.08. The van der Waals surface area contributed by atoms with Crippen LogP contribution in [0.3, 0.4) is 0 Å². The molecule has 88 valence electrons. The quantitative estimate of drug-likeness (QED) is 0.845. The van der Waals surface area contributed by atoms with E-state index in [1.807, 2.05) is 19.9 Å². The van der Waals surface area contributed by atoms with Gasteiger partial charge in [0.15, 0.2) is 0 Å². The second-order valence-electron chi connectivity index (χ2n) is 5.44. The van der Waals surface area contributed by atoms with Crippen molar-refractivity contribution in [1.29, 1.82) is 0 Å². The van der Waals surface area contributed by atoms with Crippen LogP contribution in [0.5, 0.6) is 5.75 Å². The minimum absolute atomic E-state index is 0.181. The highest BCUT2D eigenvalue weighted by Crippen LogP contribution is 2.28. The molecule has 0 bridgehead atoms. The van der Waals surface area contributed by atoms with Crippen LogP contribution >= 0.6 is 0 Å². The molecule has 16 heavy (non-hydrogen) atoms. The molecule has 0 saturated heterocycles. The predicted molar refractivity (Wildman–Crippen MR) is 66.7 cm³/mol. The Morgan fingerprint density at radius 1 is 1.31 bits per heavy atom. The first-order chi connectivity index (χ1) is 7.54.